The molecule has 0 aromatic carbocycles. The second-order valence-corrected chi connectivity index (χ2v) is 7.76. The maximum Gasteiger partial charge on any atom is 0.251 e. The largest absolute Gasteiger partial charge is 0.472 e. The molecule has 24 heavy (non-hydrogen) atoms. The summed E-state index contributed by atoms with van der Waals surface area (Å²) < 4.78 is 11.6. The van der Waals surface area contributed by atoms with Crippen molar-refractivity contribution in [2.75, 3.05) is 26.2 Å². The third-order valence-corrected chi connectivity index (χ3v) is 6.17. The summed E-state index contributed by atoms with van der Waals surface area (Å²) in [5, 5.41) is 0. The number of piperidine rings is 1. The molecule has 0 saturated carbocycles. The number of amides is 1. The van der Waals surface area contributed by atoms with Crippen LogP contribution >= 0.6 is 0 Å². The summed E-state index contributed by atoms with van der Waals surface area (Å²) in [6.07, 6.45) is 8.58. The first-order valence-electron chi connectivity index (χ1n) is 9.36. The number of carbonyl (C=O) groups is 1. The highest BCUT2D eigenvalue weighted by atomic mass is 16.5. The lowest BCUT2D eigenvalue weighted by Crippen LogP contribution is -2.51. The van der Waals surface area contributed by atoms with Gasteiger partial charge < -0.3 is 14.1 Å². The molecular weight excluding hydrogens is 304 g/mol. The van der Waals surface area contributed by atoms with Gasteiger partial charge in [-0.05, 0) is 44.1 Å². The van der Waals surface area contributed by atoms with Gasteiger partial charge in [-0.1, -0.05) is 6.92 Å². The number of nitrogens with zero attached hydrogens (tertiary/aromatic N) is 2. The third kappa shape index (κ3) is 3.00. The van der Waals surface area contributed by atoms with Crippen molar-refractivity contribution in [2.45, 2.75) is 57.3 Å². The van der Waals surface area contributed by atoms with E-state index in [2.05, 4.69) is 11.8 Å². The van der Waals surface area contributed by atoms with Crippen molar-refractivity contribution >= 4 is 5.91 Å². The van der Waals surface area contributed by atoms with E-state index in [9.17, 15) is 4.79 Å². The van der Waals surface area contributed by atoms with E-state index in [0.29, 0.717) is 5.92 Å². The van der Waals surface area contributed by atoms with Gasteiger partial charge in [0.1, 0.15) is 6.10 Å². The van der Waals surface area contributed by atoms with Crippen molar-refractivity contribution in [1.82, 2.24) is 9.80 Å². The number of ether oxygens (including phenoxy) is 1. The summed E-state index contributed by atoms with van der Waals surface area (Å²) in [4.78, 5) is 17.1. The van der Waals surface area contributed by atoms with Crippen LogP contribution in [0.4, 0.5) is 0 Å². The monoisotopic (exact) mass is 332 g/mol. The molecule has 0 aliphatic carbocycles. The molecule has 0 bridgehead atoms. The lowest BCUT2D eigenvalue weighted by atomic mass is 9.80. The average Bonchev–Trinajstić information content (AvgIpc) is 3.32. The number of likely N-dealkylation sites (tertiary alicyclic amines) is 2. The fraction of sp³-hybridized carbons (Fsp3) is 0.737. The van der Waals surface area contributed by atoms with Gasteiger partial charge in [0.15, 0.2) is 0 Å². The van der Waals surface area contributed by atoms with Gasteiger partial charge >= 0.3 is 0 Å². The Morgan fingerprint density at radius 3 is 2.83 bits per heavy atom. The molecule has 1 amide bonds. The molecule has 0 radical (unpaired) electrons. The smallest absolute Gasteiger partial charge is 0.251 e. The van der Waals surface area contributed by atoms with Crippen LogP contribution in [0.25, 0.3) is 0 Å². The van der Waals surface area contributed by atoms with Gasteiger partial charge in [-0.3, -0.25) is 9.69 Å². The maximum atomic E-state index is 12.6. The molecule has 5 nitrogen and oxygen atoms in total. The fourth-order valence-electron chi connectivity index (χ4n) is 4.66. The minimum atomic E-state index is -0.203. The van der Waals surface area contributed by atoms with Crippen LogP contribution in [0.1, 0.15) is 44.6 Å². The molecule has 1 aromatic rings. The zero-order chi connectivity index (χ0) is 16.6. The van der Waals surface area contributed by atoms with Crippen molar-refractivity contribution in [3.8, 4) is 0 Å². The molecule has 3 atom stereocenters. The molecule has 3 saturated heterocycles. The Balaban J connectivity index is 1.35. The zero-order valence-corrected chi connectivity index (χ0v) is 14.6. The second-order valence-electron chi connectivity index (χ2n) is 7.76. The van der Waals surface area contributed by atoms with Crippen LogP contribution < -0.4 is 0 Å². The highest BCUT2D eigenvalue weighted by Gasteiger charge is 2.49. The summed E-state index contributed by atoms with van der Waals surface area (Å²) in [6.45, 7) is 7.10. The molecule has 1 unspecified atom stereocenters. The van der Waals surface area contributed by atoms with Crippen molar-refractivity contribution in [1.29, 1.82) is 0 Å². The van der Waals surface area contributed by atoms with Crippen molar-refractivity contribution in [3.05, 3.63) is 24.2 Å². The van der Waals surface area contributed by atoms with Crippen LogP contribution in [0.2, 0.25) is 0 Å². The Bertz CT molecular complexity index is 567. The zero-order valence-electron chi connectivity index (χ0n) is 14.6. The van der Waals surface area contributed by atoms with Gasteiger partial charge in [-0.15, -0.1) is 0 Å². The van der Waals surface area contributed by atoms with Crippen LogP contribution in [-0.4, -0.2) is 53.6 Å². The molecule has 3 aliphatic rings. The first kappa shape index (κ1) is 16.2. The summed E-state index contributed by atoms with van der Waals surface area (Å²) in [7, 11) is 0. The van der Waals surface area contributed by atoms with E-state index in [1.54, 1.807) is 6.26 Å². The van der Waals surface area contributed by atoms with Crippen LogP contribution in [0.5, 0.6) is 0 Å². The van der Waals surface area contributed by atoms with Crippen molar-refractivity contribution in [2.24, 2.45) is 5.92 Å². The Morgan fingerprint density at radius 1 is 1.29 bits per heavy atom. The van der Waals surface area contributed by atoms with Crippen LogP contribution in [0, 0.1) is 5.92 Å². The number of carbonyl (C=O) groups excluding carboxylic acids is 1. The summed E-state index contributed by atoms with van der Waals surface area (Å²) in [5.74, 6) is 0.687. The van der Waals surface area contributed by atoms with E-state index in [4.69, 9.17) is 9.15 Å². The number of hydrogen-bond acceptors (Lipinski definition) is 4. The molecule has 4 heterocycles. The molecule has 3 fully saturated rings. The number of furan rings is 1. The first-order chi connectivity index (χ1) is 11.7. The summed E-state index contributed by atoms with van der Waals surface area (Å²) in [6, 6.07) is 2.03. The van der Waals surface area contributed by atoms with Gasteiger partial charge in [0.2, 0.25) is 0 Å². The molecule has 0 N–H and O–H groups in total. The van der Waals surface area contributed by atoms with E-state index in [1.807, 2.05) is 17.2 Å². The highest BCUT2D eigenvalue weighted by Crippen LogP contribution is 2.43. The fourth-order valence-corrected chi connectivity index (χ4v) is 4.66. The average molecular weight is 332 g/mol. The highest BCUT2D eigenvalue weighted by molar-refractivity contribution is 5.81. The first-order valence-corrected chi connectivity index (χ1v) is 9.36. The minimum Gasteiger partial charge on any atom is -0.472 e. The Morgan fingerprint density at radius 2 is 2.12 bits per heavy atom. The third-order valence-electron chi connectivity index (χ3n) is 6.17. The second kappa shape index (κ2) is 6.52. The van der Waals surface area contributed by atoms with Crippen molar-refractivity contribution < 1.29 is 13.9 Å². The van der Waals surface area contributed by atoms with Crippen LogP contribution in [0.15, 0.2) is 23.0 Å². The van der Waals surface area contributed by atoms with Gasteiger partial charge in [-0.25, -0.2) is 0 Å². The van der Waals surface area contributed by atoms with E-state index in [1.165, 1.54) is 5.56 Å². The maximum absolute atomic E-state index is 12.6. The molecule has 132 valence electrons. The topological polar surface area (TPSA) is 45.9 Å². The van der Waals surface area contributed by atoms with Gasteiger partial charge in [-0.2, -0.15) is 0 Å². The Hall–Kier alpha value is -1.33. The quantitative estimate of drug-likeness (QED) is 0.854. The lowest BCUT2D eigenvalue weighted by molar-refractivity contribution is -0.156. The lowest BCUT2D eigenvalue weighted by Gasteiger charge is -2.44. The number of rotatable bonds is 3. The molecule has 3 aliphatic heterocycles. The van der Waals surface area contributed by atoms with Gasteiger partial charge in [0.25, 0.3) is 5.91 Å². The van der Waals surface area contributed by atoms with E-state index >= 15 is 0 Å². The van der Waals surface area contributed by atoms with Crippen LogP contribution in [0.3, 0.4) is 0 Å². The Kier molecular flexibility index (Phi) is 4.39. The summed E-state index contributed by atoms with van der Waals surface area (Å²) >= 11 is 0. The van der Waals surface area contributed by atoms with Gasteiger partial charge in [0.05, 0.1) is 18.1 Å². The van der Waals surface area contributed by atoms with Gasteiger partial charge in [0, 0.05) is 38.3 Å². The molecule has 4 rings (SSSR count). The van der Waals surface area contributed by atoms with Crippen molar-refractivity contribution in [3.63, 3.8) is 0 Å². The normalized spacial score (nSPS) is 34.3. The predicted octanol–water partition coefficient (Wildman–Crippen LogP) is 2.66. The minimum absolute atomic E-state index is 0.0903. The molecule has 1 aromatic heterocycles. The summed E-state index contributed by atoms with van der Waals surface area (Å²) in [5.41, 5.74) is 1.14. The van der Waals surface area contributed by atoms with E-state index in [-0.39, 0.29) is 17.6 Å². The van der Waals surface area contributed by atoms with Crippen LogP contribution in [-0.2, 0) is 16.1 Å². The predicted molar refractivity (Wildman–Crippen MR) is 90.4 cm³/mol. The van der Waals surface area contributed by atoms with E-state index < -0.39 is 0 Å². The molecule has 1 spiro atoms. The van der Waals surface area contributed by atoms with E-state index in [0.717, 1.165) is 64.8 Å². The SMILES string of the molecule is C[C@@H]1CN(Cc2ccoc2)CC[C@@]12CCC(C(=O)N1CCCC1)O2. The Labute approximate surface area is 143 Å². The number of hydrogen-bond donors (Lipinski definition) is 0. The molecule has 5 heteroatoms. The molecular formula is C19H28N2O3. The standard InChI is InChI=1S/C19H28N2O3/c1-15-12-20(13-16-5-11-23-14-16)10-7-19(15)6-4-17(24-19)18(22)21-8-2-3-9-21/h5,11,14-15,17H,2-4,6-10,12-13H2,1H3/t15-,17?,19+/m1/s1.